The van der Waals surface area contributed by atoms with Crippen molar-refractivity contribution in [2.45, 2.75) is 6.54 Å². The predicted molar refractivity (Wildman–Crippen MR) is 88.1 cm³/mol. The Morgan fingerprint density at radius 1 is 1.13 bits per heavy atom. The van der Waals surface area contributed by atoms with Gasteiger partial charge in [0.15, 0.2) is 4.47 Å². The summed E-state index contributed by atoms with van der Waals surface area (Å²) in [4.78, 5) is 28.8. The Morgan fingerprint density at radius 2 is 1.91 bits per heavy atom. The Kier molecular flexibility index (Phi) is 3.28. The van der Waals surface area contributed by atoms with Crippen LogP contribution in [0.5, 0.6) is 0 Å². The van der Waals surface area contributed by atoms with Gasteiger partial charge < -0.3 is 10.1 Å². The third kappa shape index (κ3) is 2.36. The molecule has 2 aromatic carbocycles. The molecule has 1 N–H and O–H groups in total. The van der Waals surface area contributed by atoms with Crippen LogP contribution in [-0.4, -0.2) is 16.9 Å². The van der Waals surface area contributed by atoms with Crippen LogP contribution in [0.1, 0.15) is 25.6 Å². The molecular weight excluding hydrogens is 336 g/mol. The number of nitrogens with zero attached hydrogens (tertiary/aromatic N) is 1. The minimum atomic E-state index is -0.612. The average Bonchev–Trinajstić information content (AvgIpc) is 2.96. The van der Waals surface area contributed by atoms with Gasteiger partial charge in [-0.25, -0.2) is 14.6 Å². The first kappa shape index (κ1) is 14.2. The van der Waals surface area contributed by atoms with E-state index in [4.69, 9.17) is 16.3 Å². The molecule has 0 aliphatic carbocycles. The second-order valence-electron chi connectivity index (χ2n) is 5.00. The molecule has 3 aromatic rings. The second-order valence-corrected chi connectivity index (χ2v) is 6.70. The molecule has 2 heterocycles. The van der Waals surface area contributed by atoms with E-state index in [0.717, 1.165) is 16.0 Å². The number of carbonyl (C=O) groups is 2. The molecule has 7 heteroatoms. The smallest absolute Gasteiger partial charge is 0.346 e. The Morgan fingerprint density at radius 3 is 2.65 bits per heavy atom. The molecule has 23 heavy (non-hydrogen) atoms. The SMILES string of the molecule is O=C1OC(=O)c2ccc(NCc3cnc(Cl)s3)c3cccc1c23. The highest BCUT2D eigenvalue weighted by atomic mass is 35.5. The molecule has 114 valence electrons. The van der Waals surface area contributed by atoms with Gasteiger partial charge in [-0.1, -0.05) is 23.7 Å². The number of hydrogen-bond donors (Lipinski definition) is 1. The van der Waals surface area contributed by atoms with E-state index in [2.05, 4.69) is 10.3 Å². The summed E-state index contributed by atoms with van der Waals surface area (Å²) < 4.78 is 5.25. The lowest BCUT2D eigenvalue weighted by atomic mass is 9.96. The quantitative estimate of drug-likeness (QED) is 0.577. The van der Waals surface area contributed by atoms with Gasteiger partial charge in [0.1, 0.15) is 0 Å². The minimum Gasteiger partial charge on any atom is -0.386 e. The van der Waals surface area contributed by atoms with Crippen molar-refractivity contribution in [3.05, 3.63) is 57.0 Å². The van der Waals surface area contributed by atoms with Gasteiger partial charge in [-0.2, -0.15) is 0 Å². The Balaban J connectivity index is 1.79. The van der Waals surface area contributed by atoms with Gasteiger partial charge in [-0.05, 0) is 18.2 Å². The molecule has 0 amide bonds. The number of benzene rings is 2. The van der Waals surface area contributed by atoms with E-state index in [1.807, 2.05) is 6.07 Å². The Labute approximate surface area is 139 Å². The number of thiazole rings is 1. The lowest BCUT2D eigenvalue weighted by Gasteiger charge is -2.17. The van der Waals surface area contributed by atoms with Gasteiger partial charge in [0.05, 0.1) is 17.7 Å². The molecule has 4 rings (SSSR count). The van der Waals surface area contributed by atoms with E-state index in [-0.39, 0.29) is 0 Å². The van der Waals surface area contributed by atoms with Crippen molar-refractivity contribution >= 4 is 51.3 Å². The Bertz CT molecular complexity index is 947. The van der Waals surface area contributed by atoms with Crippen LogP contribution < -0.4 is 5.32 Å². The van der Waals surface area contributed by atoms with Crippen molar-refractivity contribution in [3.8, 4) is 0 Å². The monoisotopic (exact) mass is 344 g/mol. The van der Waals surface area contributed by atoms with Crippen LogP contribution in [0.3, 0.4) is 0 Å². The summed E-state index contributed by atoms with van der Waals surface area (Å²) in [6.07, 6.45) is 1.71. The van der Waals surface area contributed by atoms with Crippen molar-refractivity contribution in [3.63, 3.8) is 0 Å². The fourth-order valence-electron chi connectivity index (χ4n) is 2.64. The molecule has 0 saturated carbocycles. The highest BCUT2D eigenvalue weighted by Crippen LogP contribution is 2.33. The summed E-state index contributed by atoms with van der Waals surface area (Å²) in [5, 5.41) is 4.73. The molecule has 0 radical (unpaired) electrons. The maximum absolute atomic E-state index is 11.9. The van der Waals surface area contributed by atoms with Crippen LogP contribution in [0.25, 0.3) is 10.8 Å². The molecule has 0 fully saturated rings. The van der Waals surface area contributed by atoms with Crippen LogP contribution in [0.15, 0.2) is 36.5 Å². The zero-order valence-electron chi connectivity index (χ0n) is 11.6. The van der Waals surface area contributed by atoms with Gasteiger partial charge in [-0.15, -0.1) is 11.3 Å². The van der Waals surface area contributed by atoms with Gasteiger partial charge in [0.25, 0.3) is 0 Å². The zero-order chi connectivity index (χ0) is 16.0. The first-order valence-electron chi connectivity index (χ1n) is 6.80. The fraction of sp³-hybridized carbons (Fsp3) is 0.0625. The molecule has 0 unspecified atom stereocenters. The van der Waals surface area contributed by atoms with Crippen molar-refractivity contribution in [2.24, 2.45) is 0 Å². The third-order valence-electron chi connectivity index (χ3n) is 3.64. The molecule has 5 nitrogen and oxygen atoms in total. The van der Waals surface area contributed by atoms with Crippen molar-refractivity contribution in [1.82, 2.24) is 4.98 Å². The van der Waals surface area contributed by atoms with Crippen LogP contribution >= 0.6 is 22.9 Å². The fourth-order valence-corrected chi connectivity index (χ4v) is 3.56. The summed E-state index contributed by atoms with van der Waals surface area (Å²) in [6.45, 7) is 0.557. The van der Waals surface area contributed by atoms with E-state index in [0.29, 0.717) is 27.5 Å². The van der Waals surface area contributed by atoms with E-state index < -0.39 is 11.9 Å². The van der Waals surface area contributed by atoms with Gasteiger partial charge in [0, 0.05) is 27.5 Å². The number of cyclic esters (lactones) is 2. The van der Waals surface area contributed by atoms with Crippen LogP contribution in [-0.2, 0) is 11.3 Å². The van der Waals surface area contributed by atoms with Gasteiger partial charge in [0.2, 0.25) is 0 Å². The minimum absolute atomic E-state index is 0.404. The van der Waals surface area contributed by atoms with Gasteiger partial charge >= 0.3 is 11.9 Å². The third-order valence-corrected chi connectivity index (χ3v) is 4.76. The summed E-state index contributed by atoms with van der Waals surface area (Å²) in [7, 11) is 0. The Hall–Kier alpha value is -2.44. The predicted octanol–water partition coefficient (Wildman–Crippen LogP) is 3.87. The van der Waals surface area contributed by atoms with Crippen molar-refractivity contribution in [2.75, 3.05) is 5.32 Å². The summed E-state index contributed by atoms with van der Waals surface area (Å²) >= 11 is 7.23. The lowest BCUT2D eigenvalue weighted by molar-refractivity contribution is 0.0391. The number of anilines is 1. The second kappa shape index (κ2) is 5.33. The van der Waals surface area contributed by atoms with Crippen LogP contribution in [0.2, 0.25) is 4.47 Å². The summed E-state index contributed by atoms with van der Waals surface area (Å²) in [6, 6.07) is 8.78. The van der Waals surface area contributed by atoms with Crippen LogP contribution in [0.4, 0.5) is 5.69 Å². The number of hydrogen-bond acceptors (Lipinski definition) is 6. The van der Waals surface area contributed by atoms with E-state index in [9.17, 15) is 9.59 Å². The molecular formula is C16H9ClN2O3S. The largest absolute Gasteiger partial charge is 0.386 e. The highest BCUT2D eigenvalue weighted by Gasteiger charge is 2.27. The summed E-state index contributed by atoms with van der Waals surface area (Å²) in [5.41, 5.74) is 1.64. The first-order chi connectivity index (χ1) is 11.1. The van der Waals surface area contributed by atoms with E-state index in [1.165, 1.54) is 11.3 Å². The first-order valence-corrected chi connectivity index (χ1v) is 7.99. The molecule has 0 spiro atoms. The zero-order valence-corrected chi connectivity index (χ0v) is 13.2. The highest BCUT2D eigenvalue weighted by molar-refractivity contribution is 7.15. The number of rotatable bonds is 3. The standard InChI is InChI=1S/C16H9ClN2O3S/c17-16-19-7-8(23-16)6-18-12-5-4-11-13-9(12)2-1-3-10(13)14(20)22-15(11)21/h1-5,7,18H,6H2. The number of carbonyl (C=O) groups excluding carboxylic acids is 2. The number of aromatic nitrogens is 1. The topological polar surface area (TPSA) is 68.3 Å². The number of esters is 2. The van der Waals surface area contributed by atoms with Gasteiger partial charge in [-0.3, -0.25) is 0 Å². The maximum Gasteiger partial charge on any atom is 0.346 e. The van der Waals surface area contributed by atoms with E-state index >= 15 is 0 Å². The average molecular weight is 345 g/mol. The van der Waals surface area contributed by atoms with E-state index in [1.54, 1.807) is 30.5 Å². The number of ether oxygens (including phenoxy) is 1. The normalized spacial score (nSPS) is 13.3. The maximum atomic E-state index is 11.9. The number of halogens is 1. The van der Waals surface area contributed by atoms with Crippen LogP contribution in [0, 0.1) is 0 Å². The number of nitrogens with one attached hydrogen (secondary N) is 1. The molecule has 1 aliphatic heterocycles. The molecule has 0 atom stereocenters. The lowest BCUT2D eigenvalue weighted by Crippen LogP contribution is -2.19. The molecule has 0 saturated heterocycles. The molecule has 1 aromatic heterocycles. The van der Waals surface area contributed by atoms with Crippen molar-refractivity contribution in [1.29, 1.82) is 0 Å². The van der Waals surface area contributed by atoms with Crippen molar-refractivity contribution < 1.29 is 14.3 Å². The molecule has 1 aliphatic rings. The summed E-state index contributed by atoms with van der Waals surface area (Å²) in [5.74, 6) is -1.22. The molecule has 0 bridgehead atoms.